The van der Waals surface area contributed by atoms with E-state index in [1.54, 1.807) is 72.8 Å². The first kappa shape index (κ1) is 25.8. The van der Waals surface area contributed by atoms with Crippen LogP contribution in [-0.4, -0.2) is 11.9 Å². The molecular weight excluding hydrogens is 542 g/mol. The van der Waals surface area contributed by atoms with Crippen molar-refractivity contribution in [1.82, 2.24) is 0 Å². The van der Waals surface area contributed by atoms with E-state index in [0.29, 0.717) is 21.2 Å². The molecule has 4 rings (SSSR count). The van der Waals surface area contributed by atoms with E-state index >= 15 is 0 Å². The molecule has 0 saturated heterocycles. The van der Waals surface area contributed by atoms with E-state index in [1.165, 1.54) is 24.3 Å². The normalized spacial score (nSPS) is 11.4. The third kappa shape index (κ3) is 6.10. The molecule has 0 heterocycles. The van der Waals surface area contributed by atoms with Gasteiger partial charge in [-0.25, -0.2) is 9.59 Å². The fourth-order valence-corrected chi connectivity index (χ4v) is 3.91. The SMILES string of the molecule is O=C(OC(=C(OC(=O)c1ccc(Cl)cc1)c1ccccc1Cl)c1ccccc1Cl)c1ccc(Cl)cc1. The summed E-state index contributed by atoms with van der Waals surface area (Å²) >= 11 is 24.9. The molecule has 0 N–H and O–H groups in total. The lowest BCUT2D eigenvalue weighted by atomic mass is 10.1. The predicted molar refractivity (Wildman–Crippen MR) is 143 cm³/mol. The zero-order chi connectivity index (χ0) is 25.7. The van der Waals surface area contributed by atoms with Gasteiger partial charge in [0.1, 0.15) is 0 Å². The largest absolute Gasteiger partial charge is 0.418 e. The third-order valence-corrected chi connectivity index (χ3v) is 6.16. The van der Waals surface area contributed by atoms with Crippen LogP contribution in [0.15, 0.2) is 97.1 Å². The van der Waals surface area contributed by atoms with E-state index in [2.05, 4.69) is 0 Å². The zero-order valence-corrected chi connectivity index (χ0v) is 21.4. The summed E-state index contributed by atoms with van der Waals surface area (Å²) in [4.78, 5) is 26.3. The van der Waals surface area contributed by atoms with E-state index < -0.39 is 11.9 Å². The molecule has 0 aliphatic heterocycles. The highest BCUT2D eigenvalue weighted by atomic mass is 35.5. The fraction of sp³-hybridized carbons (Fsp3) is 0. The summed E-state index contributed by atoms with van der Waals surface area (Å²) in [5, 5.41) is 1.45. The number of esters is 2. The summed E-state index contributed by atoms with van der Waals surface area (Å²) < 4.78 is 11.7. The van der Waals surface area contributed by atoms with Gasteiger partial charge < -0.3 is 9.47 Å². The number of halogens is 4. The van der Waals surface area contributed by atoms with Gasteiger partial charge in [0.2, 0.25) is 0 Å². The van der Waals surface area contributed by atoms with Crippen molar-refractivity contribution >= 4 is 69.9 Å². The van der Waals surface area contributed by atoms with Gasteiger partial charge in [-0.2, -0.15) is 0 Å². The molecule has 0 aromatic heterocycles. The van der Waals surface area contributed by atoms with Crippen molar-refractivity contribution in [3.05, 3.63) is 139 Å². The molecular formula is C28H16Cl4O4. The second-order valence-corrected chi connectivity index (χ2v) is 9.10. The summed E-state index contributed by atoms with van der Waals surface area (Å²) in [6.07, 6.45) is 0. The van der Waals surface area contributed by atoms with E-state index in [-0.39, 0.29) is 32.7 Å². The van der Waals surface area contributed by atoms with E-state index in [9.17, 15) is 9.59 Å². The molecule has 0 saturated carbocycles. The highest BCUT2D eigenvalue weighted by molar-refractivity contribution is 6.34. The van der Waals surface area contributed by atoms with Crippen molar-refractivity contribution in [2.75, 3.05) is 0 Å². The van der Waals surface area contributed by atoms with E-state index in [0.717, 1.165) is 0 Å². The van der Waals surface area contributed by atoms with E-state index in [1.807, 2.05) is 0 Å². The van der Waals surface area contributed by atoms with Crippen LogP contribution in [0, 0.1) is 0 Å². The van der Waals surface area contributed by atoms with Gasteiger partial charge in [-0.05, 0) is 72.8 Å². The zero-order valence-electron chi connectivity index (χ0n) is 18.4. The van der Waals surface area contributed by atoms with Gasteiger partial charge in [-0.3, -0.25) is 0 Å². The number of rotatable bonds is 6. The van der Waals surface area contributed by atoms with Crippen LogP contribution < -0.4 is 0 Å². The smallest absolute Gasteiger partial charge is 0.343 e. The van der Waals surface area contributed by atoms with E-state index in [4.69, 9.17) is 55.9 Å². The van der Waals surface area contributed by atoms with Crippen LogP contribution in [0.4, 0.5) is 0 Å². The number of ether oxygens (including phenoxy) is 2. The Hall–Kier alpha value is -3.28. The minimum absolute atomic E-state index is 0.0871. The molecule has 8 heteroatoms. The summed E-state index contributed by atoms with van der Waals surface area (Å²) in [6, 6.07) is 25.7. The van der Waals surface area contributed by atoms with Crippen molar-refractivity contribution in [3.8, 4) is 0 Å². The molecule has 0 unspecified atom stereocenters. The van der Waals surface area contributed by atoms with Crippen LogP contribution in [0.3, 0.4) is 0 Å². The molecule has 0 fully saturated rings. The number of carbonyl (C=O) groups is 2. The number of carbonyl (C=O) groups excluding carboxylic acids is 2. The first-order valence-corrected chi connectivity index (χ1v) is 12.0. The molecule has 0 atom stereocenters. The predicted octanol–water partition coefficient (Wildman–Crippen LogP) is 8.84. The summed E-state index contributed by atoms with van der Waals surface area (Å²) in [5.41, 5.74) is 1.10. The Kier molecular flexibility index (Phi) is 8.34. The van der Waals surface area contributed by atoms with Crippen molar-refractivity contribution < 1.29 is 19.1 Å². The Morgan fingerprint density at radius 2 is 0.806 bits per heavy atom. The maximum atomic E-state index is 13.1. The van der Waals surface area contributed by atoms with Crippen LogP contribution in [0.5, 0.6) is 0 Å². The van der Waals surface area contributed by atoms with Gasteiger partial charge in [0.15, 0.2) is 11.5 Å². The Morgan fingerprint density at radius 1 is 0.472 bits per heavy atom. The summed E-state index contributed by atoms with van der Waals surface area (Å²) in [7, 11) is 0. The molecule has 0 amide bonds. The Bertz CT molecular complexity index is 1330. The lowest BCUT2D eigenvalue weighted by molar-refractivity contribution is 0.0647. The fourth-order valence-electron chi connectivity index (χ4n) is 3.21. The van der Waals surface area contributed by atoms with Crippen LogP contribution in [0.25, 0.3) is 11.5 Å². The Labute approximate surface area is 227 Å². The average Bonchev–Trinajstić information content (AvgIpc) is 2.87. The van der Waals surface area contributed by atoms with Gasteiger partial charge in [0.25, 0.3) is 0 Å². The second-order valence-electron chi connectivity index (χ2n) is 7.41. The maximum Gasteiger partial charge on any atom is 0.343 e. The summed E-state index contributed by atoms with van der Waals surface area (Å²) in [6.45, 7) is 0. The summed E-state index contributed by atoms with van der Waals surface area (Å²) in [5.74, 6) is -1.60. The van der Waals surface area contributed by atoms with Gasteiger partial charge in [0.05, 0.1) is 21.2 Å². The van der Waals surface area contributed by atoms with Crippen LogP contribution in [0.1, 0.15) is 31.8 Å². The van der Waals surface area contributed by atoms with Gasteiger partial charge in [-0.1, -0.05) is 70.7 Å². The lowest BCUT2D eigenvalue weighted by Gasteiger charge is -2.18. The first-order chi connectivity index (χ1) is 17.3. The van der Waals surface area contributed by atoms with Gasteiger partial charge >= 0.3 is 11.9 Å². The molecule has 4 nitrogen and oxygen atoms in total. The number of hydrogen-bond acceptors (Lipinski definition) is 4. The quantitative estimate of drug-likeness (QED) is 0.135. The van der Waals surface area contributed by atoms with Crippen molar-refractivity contribution in [2.24, 2.45) is 0 Å². The highest BCUT2D eigenvalue weighted by Crippen LogP contribution is 2.36. The molecule has 0 spiro atoms. The molecule has 4 aromatic carbocycles. The minimum Gasteiger partial charge on any atom is -0.418 e. The van der Waals surface area contributed by atoms with Crippen molar-refractivity contribution in [1.29, 1.82) is 0 Å². The monoisotopic (exact) mass is 556 g/mol. The van der Waals surface area contributed by atoms with Crippen LogP contribution in [-0.2, 0) is 9.47 Å². The topological polar surface area (TPSA) is 52.6 Å². The number of hydrogen-bond donors (Lipinski definition) is 0. The molecule has 36 heavy (non-hydrogen) atoms. The molecule has 0 bridgehead atoms. The van der Waals surface area contributed by atoms with Crippen LogP contribution in [0.2, 0.25) is 20.1 Å². The first-order valence-electron chi connectivity index (χ1n) is 10.5. The molecule has 0 aliphatic carbocycles. The Balaban J connectivity index is 1.89. The van der Waals surface area contributed by atoms with Crippen LogP contribution >= 0.6 is 46.4 Å². The maximum absolute atomic E-state index is 13.1. The molecule has 0 aliphatic rings. The molecule has 180 valence electrons. The van der Waals surface area contributed by atoms with Gasteiger partial charge in [0, 0.05) is 21.2 Å². The average molecular weight is 558 g/mol. The van der Waals surface area contributed by atoms with Crippen molar-refractivity contribution in [2.45, 2.75) is 0 Å². The third-order valence-electron chi connectivity index (χ3n) is 4.99. The molecule has 0 radical (unpaired) electrons. The standard InChI is InChI=1S/C28H16Cl4O4/c29-19-13-9-17(10-14-19)27(33)35-25(21-5-1-3-7-23(21)31)26(22-6-2-4-8-24(22)32)36-28(34)18-11-15-20(30)16-12-18/h1-16H. The Morgan fingerprint density at radius 3 is 1.14 bits per heavy atom. The van der Waals surface area contributed by atoms with Crippen molar-refractivity contribution in [3.63, 3.8) is 0 Å². The highest BCUT2D eigenvalue weighted by Gasteiger charge is 2.25. The lowest BCUT2D eigenvalue weighted by Crippen LogP contribution is -2.11. The number of benzene rings is 4. The van der Waals surface area contributed by atoms with Gasteiger partial charge in [-0.15, -0.1) is 0 Å². The second kappa shape index (κ2) is 11.6. The molecule has 4 aromatic rings. The minimum atomic E-state index is -0.714.